The second-order valence-electron chi connectivity index (χ2n) is 14.7. The summed E-state index contributed by atoms with van der Waals surface area (Å²) in [5.41, 5.74) is 2.96. The van der Waals surface area contributed by atoms with Crippen molar-refractivity contribution in [3.63, 3.8) is 0 Å². The Labute approximate surface area is 312 Å². The molecule has 3 fully saturated rings. The molecular formula is C42H54N4O6. The average molecular weight is 715 g/mol. The minimum absolute atomic E-state index is 0.0215. The Kier molecular flexibility index (Phi) is 11.3. The highest BCUT2D eigenvalue weighted by atomic mass is 16.4. The van der Waals surface area contributed by atoms with E-state index in [-0.39, 0.29) is 54.7 Å². The van der Waals surface area contributed by atoms with Crippen molar-refractivity contribution >= 4 is 17.9 Å². The zero-order valence-electron chi connectivity index (χ0n) is 33.6. The Morgan fingerprint density at radius 1 is 0.577 bits per heavy atom. The van der Waals surface area contributed by atoms with Gasteiger partial charge >= 0.3 is 17.9 Å². The molecule has 3 heterocycles. The van der Waals surface area contributed by atoms with Crippen LogP contribution >= 0.6 is 0 Å². The van der Waals surface area contributed by atoms with Crippen LogP contribution in [0.2, 0.25) is 0 Å². The van der Waals surface area contributed by atoms with Gasteiger partial charge in [0.2, 0.25) is 0 Å². The van der Waals surface area contributed by atoms with Crippen molar-refractivity contribution in [1.82, 2.24) is 20.9 Å². The monoisotopic (exact) mass is 714 g/mol. The molecule has 3 aromatic rings. The Morgan fingerprint density at radius 3 is 1.23 bits per heavy atom. The number of carbonyl (C=O) groups is 3. The number of hydrogen-bond acceptors (Lipinski definition) is 7. The first-order valence-corrected chi connectivity index (χ1v) is 18.6. The van der Waals surface area contributed by atoms with Crippen LogP contribution in [0, 0.1) is 35.5 Å². The van der Waals surface area contributed by atoms with E-state index in [0.29, 0.717) is 36.3 Å². The first-order chi connectivity index (χ1) is 26.7. The van der Waals surface area contributed by atoms with Gasteiger partial charge in [0.05, 0.1) is 17.8 Å². The van der Waals surface area contributed by atoms with Gasteiger partial charge in [-0.25, -0.2) is 0 Å². The molecule has 6 rings (SSSR count). The van der Waals surface area contributed by atoms with Crippen molar-refractivity contribution in [3.8, 4) is 0 Å². The number of aliphatic carboxylic acids is 3. The summed E-state index contributed by atoms with van der Waals surface area (Å²) in [7, 11) is 0. The van der Waals surface area contributed by atoms with Crippen LogP contribution in [0.3, 0.4) is 0 Å². The van der Waals surface area contributed by atoms with Gasteiger partial charge in [-0.05, 0) is 129 Å². The first kappa shape index (κ1) is 32.6. The maximum Gasteiger partial charge on any atom is 0.307 e. The van der Waals surface area contributed by atoms with Crippen molar-refractivity contribution in [1.29, 1.82) is 0 Å². The lowest BCUT2D eigenvalue weighted by Gasteiger charge is -2.25. The van der Waals surface area contributed by atoms with Gasteiger partial charge in [0.25, 0.3) is 0 Å². The summed E-state index contributed by atoms with van der Waals surface area (Å²) in [5, 5.41) is 40.0. The standard InChI is InChI=1S/C42H54N4O6/c47-40(48)37(34-10-13-43-22-34)19-28-4-1-7-31(16-28)25-46(26-32-8-2-5-29(17-32)20-38(41(49)50)35-11-14-44-23-35)27-33-9-3-6-30(18-33)21-39(42(51)52)36-12-15-45-24-36/h1-9,16-18,34-39,43-45H,10-15,19-27H2,(H,47,48)(H,49,50)(H,51,52)/t34-,35-,36-,37-,38-,39-/m0/s1/i25D2,26D2. The number of nitrogens with zero attached hydrogens (tertiary/aromatic N) is 1. The molecule has 0 radical (unpaired) electrons. The average Bonchev–Trinajstić information content (AvgIpc) is 4.00. The molecule has 0 spiro atoms. The number of benzene rings is 3. The van der Waals surface area contributed by atoms with E-state index in [1.165, 1.54) is 0 Å². The summed E-state index contributed by atoms with van der Waals surface area (Å²) in [4.78, 5) is 38.2. The molecule has 0 bridgehead atoms. The van der Waals surface area contributed by atoms with E-state index in [1.54, 1.807) is 60.7 Å². The van der Waals surface area contributed by atoms with Crippen LogP contribution in [0.15, 0.2) is 72.8 Å². The van der Waals surface area contributed by atoms with E-state index < -0.39 is 48.7 Å². The maximum absolute atomic E-state index is 12.4. The van der Waals surface area contributed by atoms with Crippen LogP contribution in [0.1, 0.15) is 58.1 Å². The fourth-order valence-electron chi connectivity index (χ4n) is 8.18. The topological polar surface area (TPSA) is 151 Å². The van der Waals surface area contributed by atoms with Crippen molar-refractivity contribution in [2.24, 2.45) is 35.5 Å². The van der Waals surface area contributed by atoms with Crippen LogP contribution in [0.5, 0.6) is 0 Å². The van der Waals surface area contributed by atoms with Crippen LogP contribution in [0.4, 0.5) is 0 Å². The van der Waals surface area contributed by atoms with Crippen LogP contribution < -0.4 is 16.0 Å². The minimum atomic E-state index is -2.43. The molecule has 3 aliphatic heterocycles. The van der Waals surface area contributed by atoms with Crippen molar-refractivity contribution in [3.05, 3.63) is 106 Å². The van der Waals surface area contributed by atoms with Crippen LogP contribution in [0.25, 0.3) is 0 Å². The Balaban J connectivity index is 1.35. The van der Waals surface area contributed by atoms with Gasteiger partial charge in [-0.2, -0.15) is 0 Å². The highest BCUT2D eigenvalue weighted by Gasteiger charge is 2.33. The number of rotatable bonds is 18. The minimum Gasteiger partial charge on any atom is -0.481 e. The summed E-state index contributed by atoms with van der Waals surface area (Å²) in [6.45, 7) is -0.993. The summed E-state index contributed by atoms with van der Waals surface area (Å²) < 4.78 is 38.6. The Morgan fingerprint density at radius 2 is 0.904 bits per heavy atom. The summed E-state index contributed by atoms with van der Waals surface area (Å²) in [6.07, 6.45) is 2.91. The Bertz CT molecular complexity index is 1750. The van der Waals surface area contributed by atoms with Gasteiger partial charge in [-0.15, -0.1) is 0 Å². The van der Waals surface area contributed by atoms with Crippen LogP contribution in [-0.2, 0) is 53.2 Å². The normalized spacial score (nSPS) is 23.7. The predicted molar refractivity (Wildman–Crippen MR) is 200 cm³/mol. The number of hydrogen-bond donors (Lipinski definition) is 6. The molecule has 6 atom stereocenters. The maximum atomic E-state index is 12.4. The van der Waals surface area contributed by atoms with E-state index in [0.717, 1.165) is 49.4 Å². The molecule has 6 N–H and O–H groups in total. The highest BCUT2D eigenvalue weighted by molar-refractivity contribution is 5.72. The number of carboxylic acids is 3. The quantitative estimate of drug-likeness (QED) is 0.112. The first-order valence-electron chi connectivity index (χ1n) is 20.6. The van der Waals surface area contributed by atoms with Gasteiger partial charge in [-0.1, -0.05) is 72.8 Å². The summed E-state index contributed by atoms with van der Waals surface area (Å²) in [6, 6.07) is 20.6. The molecule has 3 aliphatic rings. The van der Waals surface area contributed by atoms with E-state index in [4.69, 9.17) is 0 Å². The fraction of sp³-hybridized carbons (Fsp3) is 0.500. The third kappa shape index (κ3) is 10.3. The smallest absolute Gasteiger partial charge is 0.307 e. The van der Waals surface area contributed by atoms with Gasteiger partial charge in [0, 0.05) is 25.0 Å². The molecule has 10 heteroatoms. The lowest BCUT2D eigenvalue weighted by Crippen LogP contribution is -2.28. The SMILES string of the molecule is [2H]C([2H])(c1cccc(C[C@H](C(=O)O)[C@H]2CCNC2)c1)N(Cc1cccc(C[C@H](C(=O)O)[C@H]2CCNC2)c1)C([2H])([2H])c1cccc(C[C@H](C(=O)O)[C@H]2CCNC2)c1. The zero-order valence-corrected chi connectivity index (χ0v) is 29.6. The molecule has 3 aromatic carbocycles. The molecule has 0 aliphatic carbocycles. The third-order valence-electron chi connectivity index (χ3n) is 11.0. The fourth-order valence-corrected chi connectivity index (χ4v) is 8.18. The van der Waals surface area contributed by atoms with E-state index in [2.05, 4.69) is 16.0 Å². The zero-order chi connectivity index (χ0) is 40.0. The number of nitrogens with one attached hydrogen (secondary N) is 3. The van der Waals surface area contributed by atoms with Gasteiger partial charge in [0.15, 0.2) is 0 Å². The molecule has 0 amide bonds. The van der Waals surface area contributed by atoms with E-state index >= 15 is 0 Å². The molecule has 0 unspecified atom stereocenters. The molecule has 52 heavy (non-hydrogen) atoms. The molecule has 0 aromatic heterocycles. The second-order valence-corrected chi connectivity index (χ2v) is 14.7. The van der Waals surface area contributed by atoms with Gasteiger partial charge < -0.3 is 31.3 Å². The predicted octanol–water partition coefficient (Wildman–Crippen LogP) is 4.45. The molecule has 10 nitrogen and oxygen atoms in total. The Hall–Kier alpha value is -4.09. The summed E-state index contributed by atoms with van der Waals surface area (Å²) >= 11 is 0. The molecule has 3 saturated heterocycles. The highest BCUT2D eigenvalue weighted by Crippen LogP contribution is 2.28. The summed E-state index contributed by atoms with van der Waals surface area (Å²) in [5.74, 6) is -4.77. The second kappa shape index (κ2) is 18.1. The lowest BCUT2D eigenvalue weighted by atomic mass is 9.85. The van der Waals surface area contributed by atoms with Crippen molar-refractivity contribution in [2.75, 3.05) is 39.3 Å². The molecular weight excluding hydrogens is 656 g/mol. The molecule has 0 saturated carbocycles. The van der Waals surface area contributed by atoms with Gasteiger partial charge in [-0.3, -0.25) is 19.3 Å². The van der Waals surface area contributed by atoms with Gasteiger partial charge in [0.1, 0.15) is 0 Å². The lowest BCUT2D eigenvalue weighted by molar-refractivity contribution is -0.144. The van der Waals surface area contributed by atoms with E-state index in [1.807, 2.05) is 12.1 Å². The number of carboxylic acid groups (broad SMARTS) is 3. The van der Waals surface area contributed by atoms with E-state index in [9.17, 15) is 35.2 Å². The van der Waals surface area contributed by atoms with Crippen LogP contribution in [-0.4, -0.2) is 77.4 Å². The van der Waals surface area contributed by atoms with Crippen molar-refractivity contribution in [2.45, 2.75) is 58.1 Å². The largest absolute Gasteiger partial charge is 0.481 e. The third-order valence-corrected chi connectivity index (χ3v) is 11.0. The molecule has 278 valence electrons. The van der Waals surface area contributed by atoms with Crippen molar-refractivity contribution < 1.29 is 35.2 Å².